The van der Waals surface area contributed by atoms with Crippen LogP contribution in [0, 0.1) is 0 Å². The van der Waals surface area contributed by atoms with Gasteiger partial charge in [-0.25, -0.2) is 0 Å². The Morgan fingerprint density at radius 1 is 1.57 bits per heavy atom. The molecule has 2 aromatic heterocycles. The Hall–Kier alpha value is -1.39. The van der Waals surface area contributed by atoms with Crippen molar-refractivity contribution in [2.24, 2.45) is 5.73 Å². The minimum Gasteiger partial charge on any atom is -0.459 e. The topological polar surface area (TPSA) is 72.3 Å². The highest BCUT2D eigenvalue weighted by Crippen LogP contribution is 2.23. The van der Waals surface area contributed by atoms with Crippen LogP contribution in [-0.4, -0.2) is 16.7 Å². The zero-order valence-electron chi connectivity index (χ0n) is 7.68. The molecule has 0 amide bonds. The Morgan fingerprint density at radius 3 is 3.14 bits per heavy atom. The molecule has 0 fully saturated rings. The number of aliphatic hydroxyl groups excluding tert-OH is 1. The van der Waals surface area contributed by atoms with Gasteiger partial charge in [0, 0.05) is 24.4 Å². The van der Waals surface area contributed by atoms with Crippen LogP contribution in [0.1, 0.15) is 18.2 Å². The normalized spacial score (nSPS) is 13.3. The molecule has 74 valence electrons. The number of aromatic nitrogens is 1. The lowest BCUT2D eigenvalue weighted by atomic mass is 10.2. The maximum absolute atomic E-state index is 8.74. The molecule has 0 saturated heterocycles. The third-order valence-corrected chi connectivity index (χ3v) is 2.14. The molecular weight excluding hydrogens is 180 g/mol. The van der Waals surface area contributed by atoms with Crippen molar-refractivity contribution < 1.29 is 9.52 Å². The highest BCUT2D eigenvalue weighted by molar-refractivity contribution is 5.76. The van der Waals surface area contributed by atoms with Gasteiger partial charge in [0.25, 0.3) is 0 Å². The largest absolute Gasteiger partial charge is 0.459 e. The molecule has 2 aromatic rings. The van der Waals surface area contributed by atoms with Gasteiger partial charge in [0.15, 0.2) is 0 Å². The van der Waals surface area contributed by atoms with E-state index < -0.39 is 0 Å². The highest BCUT2D eigenvalue weighted by Gasteiger charge is 2.10. The monoisotopic (exact) mass is 192 g/mol. The summed E-state index contributed by atoms with van der Waals surface area (Å²) >= 11 is 0. The van der Waals surface area contributed by atoms with Crippen molar-refractivity contribution >= 4 is 11.0 Å². The van der Waals surface area contributed by atoms with Crippen LogP contribution in [0.4, 0.5) is 0 Å². The Kier molecular flexibility index (Phi) is 2.47. The summed E-state index contributed by atoms with van der Waals surface area (Å²) in [6.45, 7) is 0.0659. The number of pyridine rings is 1. The molecule has 0 bridgehead atoms. The van der Waals surface area contributed by atoms with Crippen LogP contribution in [0.15, 0.2) is 28.9 Å². The lowest BCUT2D eigenvalue weighted by Gasteiger charge is -2.04. The summed E-state index contributed by atoms with van der Waals surface area (Å²) < 4.78 is 5.51. The molecule has 1 unspecified atom stereocenters. The first-order valence-electron chi connectivity index (χ1n) is 4.51. The molecule has 3 N–H and O–H groups in total. The minimum atomic E-state index is -0.243. The second-order valence-corrected chi connectivity index (χ2v) is 3.18. The van der Waals surface area contributed by atoms with E-state index in [0.29, 0.717) is 12.2 Å². The first kappa shape index (κ1) is 9.18. The van der Waals surface area contributed by atoms with E-state index in [4.69, 9.17) is 15.3 Å². The van der Waals surface area contributed by atoms with Crippen molar-refractivity contribution in [3.63, 3.8) is 0 Å². The van der Waals surface area contributed by atoms with Gasteiger partial charge in [0.1, 0.15) is 11.3 Å². The summed E-state index contributed by atoms with van der Waals surface area (Å²) in [5.74, 6) is 0.696. The molecular formula is C10H12N2O2. The van der Waals surface area contributed by atoms with Crippen molar-refractivity contribution in [2.75, 3.05) is 6.61 Å². The molecule has 0 saturated carbocycles. The van der Waals surface area contributed by atoms with E-state index in [1.165, 1.54) is 0 Å². The number of hydrogen-bond acceptors (Lipinski definition) is 4. The summed E-state index contributed by atoms with van der Waals surface area (Å²) in [7, 11) is 0. The molecule has 0 spiro atoms. The van der Waals surface area contributed by atoms with Crippen LogP contribution < -0.4 is 5.73 Å². The summed E-state index contributed by atoms with van der Waals surface area (Å²) in [4.78, 5) is 3.98. The second kappa shape index (κ2) is 3.77. The first-order valence-corrected chi connectivity index (χ1v) is 4.51. The third kappa shape index (κ3) is 1.62. The van der Waals surface area contributed by atoms with Gasteiger partial charge in [-0.15, -0.1) is 0 Å². The lowest BCUT2D eigenvalue weighted by molar-refractivity contribution is 0.270. The number of hydrogen-bond donors (Lipinski definition) is 2. The van der Waals surface area contributed by atoms with E-state index in [1.807, 2.05) is 6.07 Å². The number of furan rings is 1. The van der Waals surface area contributed by atoms with E-state index in [-0.39, 0.29) is 12.6 Å². The fourth-order valence-electron chi connectivity index (χ4n) is 1.37. The number of aliphatic hydroxyl groups is 1. The van der Waals surface area contributed by atoms with Crippen molar-refractivity contribution in [1.82, 2.24) is 4.98 Å². The molecule has 2 heterocycles. The van der Waals surface area contributed by atoms with Gasteiger partial charge in [-0.3, -0.25) is 4.98 Å². The Balaban J connectivity index is 2.35. The molecule has 0 aliphatic rings. The summed E-state index contributed by atoms with van der Waals surface area (Å²) in [5.41, 5.74) is 6.58. The van der Waals surface area contributed by atoms with Crippen molar-refractivity contribution in [1.29, 1.82) is 0 Å². The van der Waals surface area contributed by atoms with Gasteiger partial charge in [-0.2, -0.15) is 0 Å². The number of nitrogens with zero attached hydrogens (tertiary/aromatic N) is 1. The van der Waals surface area contributed by atoms with Gasteiger partial charge in [-0.05, 0) is 18.6 Å². The molecule has 0 aliphatic heterocycles. The van der Waals surface area contributed by atoms with Gasteiger partial charge < -0.3 is 15.3 Å². The molecule has 0 aliphatic carbocycles. The van der Waals surface area contributed by atoms with Gasteiger partial charge >= 0.3 is 0 Å². The highest BCUT2D eigenvalue weighted by atomic mass is 16.3. The zero-order valence-corrected chi connectivity index (χ0v) is 7.68. The van der Waals surface area contributed by atoms with Crippen LogP contribution in [0.25, 0.3) is 11.0 Å². The Labute approximate surface area is 81.4 Å². The van der Waals surface area contributed by atoms with Crippen LogP contribution >= 0.6 is 0 Å². The predicted octanol–water partition coefficient (Wildman–Crippen LogP) is 1.21. The third-order valence-electron chi connectivity index (χ3n) is 2.14. The Morgan fingerprint density at radius 2 is 2.43 bits per heavy atom. The van der Waals surface area contributed by atoms with Crippen LogP contribution in [0.5, 0.6) is 0 Å². The summed E-state index contributed by atoms with van der Waals surface area (Å²) in [5, 5.41) is 9.68. The van der Waals surface area contributed by atoms with Crippen LogP contribution in [-0.2, 0) is 0 Å². The minimum absolute atomic E-state index is 0.0659. The van der Waals surface area contributed by atoms with Gasteiger partial charge in [0.2, 0.25) is 0 Å². The zero-order chi connectivity index (χ0) is 9.97. The maximum Gasteiger partial charge on any atom is 0.137 e. The maximum atomic E-state index is 8.74. The van der Waals surface area contributed by atoms with Crippen LogP contribution in [0.2, 0.25) is 0 Å². The molecule has 4 nitrogen and oxygen atoms in total. The molecule has 0 radical (unpaired) electrons. The van der Waals surface area contributed by atoms with Crippen LogP contribution in [0.3, 0.4) is 0 Å². The smallest absolute Gasteiger partial charge is 0.137 e. The second-order valence-electron chi connectivity index (χ2n) is 3.18. The Bertz CT molecular complexity index is 392. The molecule has 0 aromatic carbocycles. The fraction of sp³-hybridized carbons (Fsp3) is 0.300. The number of rotatable bonds is 3. The van der Waals surface area contributed by atoms with Gasteiger partial charge in [0.05, 0.1) is 6.04 Å². The average molecular weight is 192 g/mol. The average Bonchev–Trinajstić information content (AvgIpc) is 2.61. The van der Waals surface area contributed by atoms with Crippen molar-refractivity contribution in [3.8, 4) is 0 Å². The molecule has 14 heavy (non-hydrogen) atoms. The predicted molar refractivity (Wildman–Crippen MR) is 52.6 cm³/mol. The van der Waals surface area contributed by atoms with E-state index in [2.05, 4.69) is 4.98 Å². The van der Waals surface area contributed by atoms with E-state index in [0.717, 1.165) is 11.0 Å². The SMILES string of the molecule is NC(CCO)c1cc2cnccc2o1. The van der Waals surface area contributed by atoms with E-state index in [1.54, 1.807) is 18.5 Å². The van der Waals surface area contributed by atoms with Crippen molar-refractivity contribution in [2.45, 2.75) is 12.5 Å². The quantitative estimate of drug-likeness (QED) is 0.766. The molecule has 4 heteroatoms. The summed E-state index contributed by atoms with van der Waals surface area (Å²) in [6, 6.07) is 3.42. The number of nitrogens with two attached hydrogens (primary N) is 1. The fourth-order valence-corrected chi connectivity index (χ4v) is 1.37. The lowest BCUT2D eigenvalue weighted by Crippen LogP contribution is -2.10. The van der Waals surface area contributed by atoms with E-state index >= 15 is 0 Å². The first-order chi connectivity index (χ1) is 6.81. The van der Waals surface area contributed by atoms with Gasteiger partial charge in [-0.1, -0.05) is 0 Å². The summed E-state index contributed by atoms with van der Waals surface area (Å²) in [6.07, 6.45) is 3.91. The molecule has 2 rings (SSSR count). The standard InChI is InChI=1S/C10H12N2O2/c11-8(2-4-13)10-5-7-6-12-3-1-9(7)14-10/h1,3,5-6,8,13H,2,4,11H2. The number of fused-ring (bicyclic) bond motifs is 1. The van der Waals surface area contributed by atoms with Crippen molar-refractivity contribution in [3.05, 3.63) is 30.3 Å². The van der Waals surface area contributed by atoms with E-state index in [9.17, 15) is 0 Å². The molecule has 1 atom stereocenters.